The molecular weight excluding hydrogens is 338 g/mol. The molecule has 1 heterocycles. The lowest BCUT2D eigenvalue weighted by atomic mass is 10.3. The van der Waals surface area contributed by atoms with Crippen molar-refractivity contribution in [2.75, 3.05) is 20.1 Å². The van der Waals surface area contributed by atoms with Crippen LogP contribution in [0.1, 0.15) is 17.8 Å². The second-order valence-electron chi connectivity index (χ2n) is 4.53. The molecular formula is C14H18BrN3OS. The van der Waals surface area contributed by atoms with Crippen LogP contribution in [0.3, 0.4) is 0 Å². The van der Waals surface area contributed by atoms with Crippen LogP contribution in [0.25, 0.3) is 10.2 Å². The average Bonchev–Trinajstić information content (AvgIpc) is 2.83. The topological polar surface area (TPSA) is 54.0 Å². The highest BCUT2D eigenvalue weighted by Gasteiger charge is 2.07. The number of hydrogen-bond donors (Lipinski definition) is 2. The summed E-state index contributed by atoms with van der Waals surface area (Å²) < 4.78 is 2.20. The van der Waals surface area contributed by atoms with Crippen molar-refractivity contribution in [2.45, 2.75) is 19.3 Å². The Morgan fingerprint density at radius 1 is 1.40 bits per heavy atom. The molecule has 1 aromatic heterocycles. The molecule has 0 spiro atoms. The van der Waals surface area contributed by atoms with Crippen LogP contribution in [0.2, 0.25) is 0 Å². The molecule has 6 heteroatoms. The number of thiazole rings is 1. The third kappa shape index (κ3) is 4.54. The van der Waals surface area contributed by atoms with Gasteiger partial charge in [0.15, 0.2) is 0 Å². The van der Waals surface area contributed by atoms with Crippen molar-refractivity contribution in [3.05, 3.63) is 27.7 Å². The standard InChI is InChI=1S/C14H18BrN3OS/c1-16-7-2-8-17-13(19)5-6-14-18-11-9-10(15)3-4-12(11)20-14/h3-4,9,16H,2,5-8H2,1H3,(H,17,19). The lowest BCUT2D eigenvalue weighted by Crippen LogP contribution is -2.26. The lowest BCUT2D eigenvalue weighted by Gasteiger charge is -2.03. The summed E-state index contributed by atoms with van der Waals surface area (Å²) >= 11 is 5.10. The highest BCUT2D eigenvalue weighted by molar-refractivity contribution is 9.10. The van der Waals surface area contributed by atoms with E-state index in [9.17, 15) is 4.79 Å². The maximum Gasteiger partial charge on any atom is 0.220 e. The molecule has 0 aliphatic carbocycles. The first kappa shape index (κ1) is 15.4. The molecule has 2 aromatic rings. The van der Waals surface area contributed by atoms with Gasteiger partial charge < -0.3 is 10.6 Å². The van der Waals surface area contributed by atoms with Gasteiger partial charge in [-0.1, -0.05) is 15.9 Å². The third-order valence-corrected chi connectivity index (χ3v) is 4.47. The molecule has 2 rings (SSSR count). The molecule has 0 bridgehead atoms. The summed E-state index contributed by atoms with van der Waals surface area (Å²) in [5, 5.41) is 6.99. The van der Waals surface area contributed by atoms with Crippen molar-refractivity contribution in [3.63, 3.8) is 0 Å². The summed E-state index contributed by atoms with van der Waals surface area (Å²) in [5.41, 5.74) is 0.994. The Labute approximate surface area is 131 Å². The van der Waals surface area contributed by atoms with Gasteiger partial charge in [-0.2, -0.15) is 0 Å². The van der Waals surface area contributed by atoms with E-state index < -0.39 is 0 Å². The van der Waals surface area contributed by atoms with Crippen molar-refractivity contribution in [3.8, 4) is 0 Å². The van der Waals surface area contributed by atoms with Gasteiger partial charge in [0, 0.05) is 23.9 Å². The second-order valence-corrected chi connectivity index (χ2v) is 6.56. The Morgan fingerprint density at radius 2 is 2.25 bits per heavy atom. The van der Waals surface area contributed by atoms with Crippen LogP contribution in [0.5, 0.6) is 0 Å². The van der Waals surface area contributed by atoms with Gasteiger partial charge in [-0.15, -0.1) is 11.3 Å². The van der Waals surface area contributed by atoms with Gasteiger partial charge in [0.05, 0.1) is 15.2 Å². The molecule has 0 saturated heterocycles. The second kappa shape index (κ2) is 7.71. The number of hydrogen-bond acceptors (Lipinski definition) is 4. The summed E-state index contributed by atoms with van der Waals surface area (Å²) in [5.74, 6) is 0.0986. The van der Waals surface area contributed by atoms with E-state index >= 15 is 0 Å². The number of fused-ring (bicyclic) bond motifs is 1. The first-order valence-electron chi connectivity index (χ1n) is 6.65. The number of carbonyl (C=O) groups is 1. The summed E-state index contributed by atoms with van der Waals surface area (Å²) in [6.45, 7) is 1.65. The Morgan fingerprint density at radius 3 is 3.05 bits per heavy atom. The Bertz CT molecular complexity index is 585. The molecule has 1 amide bonds. The largest absolute Gasteiger partial charge is 0.356 e. The highest BCUT2D eigenvalue weighted by atomic mass is 79.9. The predicted octanol–water partition coefficient (Wildman–Crippen LogP) is 2.72. The Hall–Kier alpha value is -0.980. The molecule has 0 atom stereocenters. The van der Waals surface area contributed by atoms with Gasteiger partial charge in [-0.25, -0.2) is 4.98 Å². The number of nitrogens with zero attached hydrogens (tertiary/aromatic N) is 1. The SMILES string of the molecule is CNCCCNC(=O)CCc1nc2cc(Br)ccc2s1. The van der Waals surface area contributed by atoms with E-state index in [1.54, 1.807) is 11.3 Å². The van der Waals surface area contributed by atoms with Crippen LogP contribution in [0.4, 0.5) is 0 Å². The zero-order valence-corrected chi connectivity index (χ0v) is 13.8. The highest BCUT2D eigenvalue weighted by Crippen LogP contribution is 2.25. The molecule has 1 aromatic carbocycles. The minimum atomic E-state index is 0.0986. The molecule has 0 radical (unpaired) electrons. The molecule has 2 N–H and O–H groups in total. The third-order valence-electron chi connectivity index (χ3n) is 2.89. The van der Waals surface area contributed by atoms with Crippen molar-refractivity contribution < 1.29 is 4.79 Å². The number of nitrogens with one attached hydrogen (secondary N) is 2. The number of halogens is 1. The fraction of sp³-hybridized carbons (Fsp3) is 0.429. The zero-order valence-electron chi connectivity index (χ0n) is 11.4. The van der Waals surface area contributed by atoms with E-state index in [0.717, 1.165) is 39.2 Å². The van der Waals surface area contributed by atoms with Crippen LogP contribution in [0.15, 0.2) is 22.7 Å². The Balaban J connectivity index is 1.81. The van der Waals surface area contributed by atoms with Gasteiger partial charge in [0.2, 0.25) is 5.91 Å². The number of amides is 1. The summed E-state index contributed by atoms with van der Waals surface area (Å²) in [7, 11) is 1.91. The molecule has 108 valence electrons. The first-order chi connectivity index (χ1) is 9.69. The van der Waals surface area contributed by atoms with Crippen molar-refractivity contribution in [1.29, 1.82) is 0 Å². The van der Waals surface area contributed by atoms with E-state index in [2.05, 4.69) is 37.6 Å². The first-order valence-corrected chi connectivity index (χ1v) is 8.26. The summed E-state index contributed by atoms with van der Waals surface area (Å²) in [6.07, 6.45) is 2.16. The lowest BCUT2D eigenvalue weighted by molar-refractivity contribution is -0.121. The van der Waals surface area contributed by atoms with E-state index in [0.29, 0.717) is 12.8 Å². The molecule has 0 unspecified atom stereocenters. The number of aryl methyl sites for hydroxylation is 1. The predicted molar refractivity (Wildman–Crippen MR) is 87.2 cm³/mol. The minimum absolute atomic E-state index is 0.0986. The maximum atomic E-state index is 11.7. The zero-order chi connectivity index (χ0) is 14.4. The minimum Gasteiger partial charge on any atom is -0.356 e. The monoisotopic (exact) mass is 355 g/mol. The molecule has 0 aliphatic heterocycles. The average molecular weight is 356 g/mol. The quantitative estimate of drug-likeness (QED) is 0.750. The fourth-order valence-corrected chi connectivity index (χ4v) is 3.15. The van der Waals surface area contributed by atoms with Gasteiger partial charge in [0.25, 0.3) is 0 Å². The molecule has 0 saturated carbocycles. The van der Waals surface area contributed by atoms with Crippen LogP contribution < -0.4 is 10.6 Å². The van der Waals surface area contributed by atoms with Crippen molar-refractivity contribution >= 4 is 43.4 Å². The number of carbonyl (C=O) groups excluding carboxylic acids is 1. The molecule has 20 heavy (non-hydrogen) atoms. The summed E-state index contributed by atoms with van der Waals surface area (Å²) in [4.78, 5) is 16.2. The van der Waals surface area contributed by atoms with Gasteiger partial charge in [0.1, 0.15) is 0 Å². The van der Waals surface area contributed by atoms with Gasteiger partial charge in [-0.05, 0) is 38.2 Å². The maximum absolute atomic E-state index is 11.7. The Kier molecular flexibility index (Phi) is 5.94. The number of benzene rings is 1. The fourth-order valence-electron chi connectivity index (χ4n) is 1.86. The van der Waals surface area contributed by atoms with E-state index in [1.807, 2.05) is 19.2 Å². The van der Waals surface area contributed by atoms with Crippen molar-refractivity contribution in [1.82, 2.24) is 15.6 Å². The van der Waals surface area contributed by atoms with E-state index in [4.69, 9.17) is 0 Å². The summed E-state index contributed by atoms with van der Waals surface area (Å²) in [6, 6.07) is 6.07. The number of aromatic nitrogens is 1. The van der Waals surface area contributed by atoms with Gasteiger partial charge >= 0.3 is 0 Å². The number of rotatable bonds is 7. The molecule has 0 aliphatic rings. The normalized spacial score (nSPS) is 10.9. The van der Waals surface area contributed by atoms with Gasteiger partial charge in [-0.3, -0.25) is 4.79 Å². The van der Waals surface area contributed by atoms with Crippen molar-refractivity contribution in [2.24, 2.45) is 0 Å². The molecule has 0 fully saturated rings. The van der Waals surface area contributed by atoms with E-state index in [1.165, 1.54) is 0 Å². The van der Waals surface area contributed by atoms with Crippen LogP contribution in [0, 0.1) is 0 Å². The van der Waals surface area contributed by atoms with Crippen LogP contribution in [-0.2, 0) is 11.2 Å². The van der Waals surface area contributed by atoms with E-state index in [-0.39, 0.29) is 5.91 Å². The smallest absolute Gasteiger partial charge is 0.220 e. The van der Waals surface area contributed by atoms with Crippen LogP contribution in [-0.4, -0.2) is 31.0 Å². The van der Waals surface area contributed by atoms with Crippen LogP contribution >= 0.6 is 27.3 Å². The molecule has 4 nitrogen and oxygen atoms in total.